The molecule has 10 heavy (non-hydrogen) atoms. The van der Waals surface area contributed by atoms with E-state index in [4.69, 9.17) is 0 Å². The topological polar surface area (TPSA) is 61.5 Å². The molecule has 0 aliphatic heterocycles. The molecule has 1 N–H and O–H groups in total. The number of aromatic amines is 1. The minimum atomic E-state index is -0.537. The molecule has 4 nitrogen and oxygen atoms in total. The van der Waals surface area contributed by atoms with Crippen molar-refractivity contribution in [1.29, 1.82) is 0 Å². The Kier molecular flexibility index (Phi) is 2.39. The molecule has 0 aliphatic carbocycles. The maximum Gasteiger partial charge on any atom is 0.0984 e. The summed E-state index contributed by atoms with van der Waals surface area (Å²) in [7, 11) is 0. The Morgan fingerprint density at radius 3 is 3.10 bits per heavy atom. The molecule has 1 atom stereocenters. The van der Waals surface area contributed by atoms with E-state index < -0.39 is 6.10 Å². The third kappa shape index (κ3) is 1.80. The standard InChI is InChI=1S/C6H10N3O/c1-2-6(10)3-5-4-7-9-8-5/h4,6H,2-3H2,1H3,(H,7,8,9). The summed E-state index contributed by atoms with van der Waals surface area (Å²) >= 11 is 0. The second kappa shape index (κ2) is 3.31. The lowest BCUT2D eigenvalue weighted by molar-refractivity contribution is 0.0851. The second-order valence-corrected chi connectivity index (χ2v) is 2.20. The van der Waals surface area contributed by atoms with Gasteiger partial charge in [-0.05, 0) is 6.42 Å². The van der Waals surface area contributed by atoms with Crippen LogP contribution in [0.4, 0.5) is 0 Å². The molecule has 0 fully saturated rings. The highest BCUT2D eigenvalue weighted by molar-refractivity contribution is 4.92. The third-order valence-corrected chi connectivity index (χ3v) is 1.36. The third-order valence-electron chi connectivity index (χ3n) is 1.36. The average molecular weight is 140 g/mol. The first-order chi connectivity index (χ1) is 4.83. The fourth-order valence-electron chi connectivity index (χ4n) is 0.703. The lowest BCUT2D eigenvalue weighted by Crippen LogP contribution is -2.06. The number of hydrogen-bond donors (Lipinski definition) is 1. The van der Waals surface area contributed by atoms with Gasteiger partial charge in [-0.15, -0.1) is 5.10 Å². The fourth-order valence-corrected chi connectivity index (χ4v) is 0.703. The van der Waals surface area contributed by atoms with Crippen molar-refractivity contribution in [3.8, 4) is 0 Å². The van der Waals surface area contributed by atoms with Crippen molar-refractivity contribution < 1.29 is 5.11 Å². The van der Waals surface area contributed by atoms with E-state index in [1.165, 1.54) is 0 Å². The van der Waals surface area contributed by atoms with Crippen LogP contribution in [0.5, 0.6) is 0 Å². The molecule has 0 bridgehead atoms. The summed E-state index contributed by atoms with van der Waals surface area (Å²) in [5.41, 5.74) is 0.752. The van der Waals surface area contributed by atoms with Gasteiger partial charge in [0, 0.05) is 12.6 Å². The van der Waals surface area contributed by atoms with Crippen molar-refractivity contribution in [3.63, 3.8) is 0 Å². The molecule has 1 heterocycles. The molecule has 1 rings (SSSR count). The predicted octanol–water partition coefficient (Wildman–Crippen LogP) is 0.556. The number of aromatic nitrogens is 3. The number of rotatable bonds is 3. The van der Waals surface area contributed by atoms with Crippen molar-refractivity contribution in [2.24, 2.45) is 0 Å². The Hall–Kier alpha value is -0.900. The van der Waals surface area contributed by atoms with Crippen LogP contribution in [0.2, 0.25) is 0 Å². The van der Waals surface area contributed by atoms with Gasteiger partial charge in [0.15, 0.2) is 0 Å². The normalized spacial score (nSPS) is 13.4. The summed E-state index contributed by atoms with van der Waals surface area (Å²) in [4.78, 5) is 0. The van der Waals surface area contributed by atoms with E-state index in [1.54, 1.807) is 6.20 Å². The van der Waals surface area contributed by atoms with Crippen molar-refractivity contribution in [3.05, 3.63) is 11.9 Å². The molecule has 1 aromatic rings. The Labute approximate surface area is 59.3 Å². The van der Waals surface area contributed by atoms with Gasteiger partial charge >= 0.3 is 0 Å². The van der Waals surface area contributed by atoms with Crippen LogP contribution >= 0.6 is 0 Å². The smallest absolute Gasteiger partial charge is 0.0984 e. The molecule has 1 aromatic heterocycles. The quantitative estimate of drug-likeness (QED) is 0.666. The van der Waals surface area contributed by atoms with Gasteiger partial charge in [0.2, 0.25) is 0 Å². The van der Waals surface area contributed by atoms with Gasteiger partial charge in [0.05, 0.1) is 11.8 Å². The van der Waals surface area contributed by atoms with E-state index >= 15 is 0 Å². The minimum absolute atomic E-state index is 0.479. The van der Waals surface area contributed by atoms with Crippen LogP contribution in [-0.2, 0) is 11.5 Å². The van der Waals surface area contributed by atoms with Gasteiger partial charge in [-0.3, -0.25) is 5.10 Å². The van der Waals surface area contributed by atoms with Gasteiger partial charge < -0.3 is 0 Å². The molecule has 1 radical (unpaired) electrons. The Morgan fingerprint density at radius 2 is 2.60 bits per heavy atom. The lowest BCUT2D eigenvalue weighted by Gasteiger charge is -1.98. The van der Waals surface area contributed by atoms with Gasteiger partial charge in [-0.25, -0.2) is 5.11 Å². The number of nitrogens with zero attached hydrogens (tertiary/aromatic N) is 2. The maximum absolute atomic E-state index is 10.9. The highest BCUT2D eigenvalue weighted by Gasteiger charge is 2.05. The van der Waals surface area contributed by atoms with Crippen LogP contribution in [-0.4, -0.2) is 21.5 Å². The SMILES string of the molecule is CCC([O])Cc1c[nH]nn1. The van der Waals surface area contributed by atoms with E-state index in [1.807, 2.05) is 6.92 Å². The van der Waals surface area contributed by atoms with Crippen LogP contribution in [0, 0.1) is 0 Å². The molecule has 0 spiro atoms. The Balaban J connectivity index is 2.40. The average Bonchev–Trinajstić information content (AvgIpc) is 2.40. The Morgan fingerprint density at radius 1 is 1.80 bits per heavy atom. The van der Waals surface area contributed by atoms with E-state index in [-0.39, 0.29) is 0 Å². The summed E-state index contributed by atoms with van der Waals surface area (Å²) in [5, 5.41) is 20.6. The highest BCUT2D eigenvalue weighted by atomic mass is 16.3. The zero-order valence-corrected chi connectivity index (χ0v) is 5.87. The molecule has 4 heteroatoms. The van der Waals surface area contributed by atoms with E-state index in [0.29, 0.717) is 12.8 Å². The van der Waals surface area contributed by atoms with Crippen molar-refractivity contribution in [1.82, 2.24) is 15.4 Å². The van der Waals surface area contributed by atoms with Crippen LogP contribution in [0.15, 0.2) is 6.20 Å². The van der Waals surface area contributed by atoms with Crippen LogP contribution in [0.25, 0.3) is 0 Å². The number of H-pyrrole nitrogens is 1. The fraction of sp³-hybridized carbons (Fsp3) is 0.667. The molecule has 0 saturated heterocycles. The Bertz CT molecular complexity index is 173. The zero-order chi connectivity index (χ0) is 7.40. The zero-order valence-electron chi connectivity index (χ0n) is 5.87. The van der Waals surface area contributed by atoms with Crippen LogP contribution in [0.1, 0.15) is 19.0 Å². The lowest BCUT2D eigenvalue weighted by atomic mass is 10.2. The van der Waals surface area contributed by atoms with E-state index in [0.717, 1.165) is 5.69 Å². The molecule has 0 amide bonds. The maximum atomic E-state index is 10.9. The molecule has 55 valence electrons. The van der Waals surface area contributed by atoms with Crippen LogP contribution < -0.4 is 0 Å². The molecule has 0 saturated carbocycles. The molecular weight excluding hydrogens is 130 g/mol. The first-order valence-electron chi connectivity index (χ1n) is 3.34. The van der Waals surface area contributed by atoms with Crippen molar-refractivity contribution in [2.75, 3.05) is 0 Å². The summed E-state index contributed by atoms with van der Waals surface area (Å²) in [6.07, 6.45) is 2.24. The summed E-state index contributed by atoms with van der Waals surface area (Å²) in [6, 6.07) is 0. The van der Waals surface area contributed by atoms with Gasteiger partial charge in [0.25, 0.3) is 0 Å². The first-order valence-corrected chi connectivity index (χ1v) is 3.34. The van der Waals surface area contributed by atoms with E-state index in [2.05, 4.69) is 15.4 Å². The minimum Gasteiger partial charge on any atom is -0.265 e. The van der Waals surface area contributed by atoms with Crippen molar-refractivity contribution in [2.45, 2.75) is 25.9 Å². The van der Waals surface area contributed by atoms with Crippen molar-refractivity contribution >= 4 is 0 Å². The van der Waals surface area contributed by atoms with E-state index in [9.17, 15) is 5.11 Å². The largest absolute Gasteiger partial charge is 0.265 e. The summed E-state index contributed by atoms with van der Waals surface area (Å²) in [5.74, 6) is 0. The van der Waals surface area contributed by atoms with Crippen LogP contribution in [0.3, 0.4) is 0 Å². The molecule has 1 unspecified atom stereocenters. The summed E-state index contributed by atoms with van der Waals surface area (Å²) < 4.78 is 0. The molecule has 0 aromatic carbocycles. The van der Waals surface area contributed by atoms with Gasteiger partial charge in [-0.1, -0.05) is 12.1 Å². The van der Waals surface area contributed by atoms with Gasteiger partial charge in [0.1, 0.15) is 0 Å². The first kappa shape index (κ1) is 7.21. The number of nitrogens with one attached hydrogen (secondary N) is 1. The highest BCUT2D eigenvalue weighted by Crippen LogP contribution is 1.99. The molecule has 0 aliphatic rings. The van der Waals surface area contributed by atoms with Gasteiger partial charge in [-0.2, -0.15) is 0 Å². The predicted molar refractivity (Wildman–Crippen MR) is 34.9 cm³/mol. The molecular formula is C6H10N3O. The summed E-state index contributed by atoms with van der Waals surface area (Å²) in [6.45, 7) is 1.87. The second-order valence-electron chi connectivity index (χ2n) is 2.20. The number of hydrogen-bond acceptors (Lipinski definition) is 2. The monoisotopic (exact) mass is 140 g/mol.